The van der Waals surface area contributed by atoms with Gasteiger partial charge in [0.2, 0.25) is 17.9 Å². The summed E-state index contributed by atoms with van der Waals surface area (Å²) >= 11 is 0. The van der Waals surface area contributed by atoms with E-state index in [1.165, 1.54) is 134 Å². The van der Waals surface area contributed by atoms with Crippen LogP contribution in [0.25, 0.3) is 0 Å². The first-order valence-corrected chi connectivity index (χ1v) is 37.8. The number of carbonyl (C=O) groups is 3. The molecule has 7 rings (SSSR count). The van der Waals surface area contributed by atoms with Gasteiger partial charge in [0, 0.05) is 29.2 Å². The van der Waals surface area contributed by atoms with Crippen LogP contribution in [0.1, 0.15) is 245 Å². The van der Waals surface area contributed by atoms with Gasteiger partial charge < -0.3 is 59.7 Å². The van der Waals surface area contributed by atoms with Crippen molar-refractivity contribution in [1.29, 1.82) is 0 Å². The molecular weight excluding hydrogens is 1290 g/mol. The van der Waals surface area contributed by atoms with Crippen LogP contribution in [0, 0.1) is 0 Å². The minimum absolute atomic E-state index is 0.0741. The van der Waals surface area contributed by atoms with E-state index in [9.17, 15) is 24.0 Å². The van der Waals surface area contributed by atoms with Gasteiger partial charge in [0.05, 0.1) is 46.7 Å². The fourth-order valence-corrected chi connectivity index (χ4v) is 12.9. The molecule has 9 N–H and O–H groups in total. The van der Waals surface area contributed by atoms with Gasteiger partial charge in [-0.3, -0.25) is 25.5 Å². The summed E-state index contributed by atoms with van der Waals surface area (Å²) in [5, 5.41) is 20.0. The first kappa shape index (κ1) is 80.3. The number of aromatic nitrogens is 4. The van der Waals surface area contributed by atoms with E-state index in [0.717, 1.165) is 108 Å². The van der Waals surface area contributed by atoms with Gasteiger partial charge in [0.15, 0.2) is 34.5 Å². The molecule has 0 spiro atoms. The van der Waals surface area contributed by atoms with Crippen LogP contribution in [0.5, 0.6) is 34.5 Å². The largest absolute Gasteiger partial charge is 0.493 e. The van der Waals surface area contributed by atoms with E-state index in [1.54, 1.807) is 21.3 Å². The quantitative estimate of drug-likeness (QED) is 0.0161. The molecule has 3 heterocycles. The Balaban J connectivity index is 1.01. The first-order chi connectivity index (χ1) is 49.8. The van der Waals surface area contributed by atoms with E-state index in [4.69, 9.17) is 28.4 Å². The Morgan fingerprint density at radius 3 is 1.05 bits per heavy atom. The Bertz CT molecular complexity index is 3510. The number of guanidine groups is 1. The minimum atomic E-state index is -0.549. The summed E-state index contributed by atoms with van der Waals surface area (Å²) in [7, 11) is 4.75. The molecule has 1 aliphatic carbocycles. The SMILES string of the molecule is C=C1C=C(CCCCCCCCCCC)NC(NC(=O)NCCOc2cc3c(cc2OC)Cc2cc(OCCNC(=O)Nc4nc(=O)cc(CCCCCCCCCCC)[nH]4)c(OC)cc2Cc2cc(OCCNC(=O)Nc4nc(=O)cc(CCCCCCCCCCC)[nH]4)c(OC)cc2C3)=N1. The second-order valence-electron chi connectivity index (χ2n) is 26.7. The lowest BCUT2D eigenvalue weighted by atomic mass is 9.94. The summed E-state index contributed by atoms with van der Waals surface area (Å²) in [6.45, 7) is 11.4. The number of hydrogen-bond acceptors (Lipinski definition) is 15. The highest BCUT2D eigenvalue weighted by Crippen LogP contribution is 2.41. The van der Waals surface area contributed by atoms with Gasteiger partial charge in [-0.1, -0.05) is 181 Å². The number of amides is 6. The van der Waals surface area contributed by atoms with Gasteiger partial charge >= 0.3 is 18.1 Å². The smallest absolute Gasteiger partial charge is 0.321 e. The highest BCUT2D eigenvalue weighted by Gasteiger charge is 2.24. The number of urea groups is 3. The number of unbranched alkanes of at least 4 members (excludes halogenated alkanes) is 24. The average molecular weight is 1410 g/mol. The van der Waals surface area contributed by atoms with E-state index in [-0.39, 0.29) is 51.4 Å². The molecule has 1 aliphatic heterocycles. The number of ether oxygens (including phenoxy) is 6. The normalized spacial score (nSPS) is 12.4. The third kappa shape index (κ3) is 29.1. The van der Waals surface area contributed by atoms with Crippen molar-refractivity contribution in [2.24, 2.45) is 4.99 Å². The molecule has 0 unspecified atom stereocenters. The van der Waals surface area contributed by atoms with Gasteiger partial charge in [-0.05, 0) is 134 Å². The zero-order valence-electron chi connectivity index (χ0n) is 61.8. The summed E-state index contributed by atoms with van der Waals surface area (Å²) in [4.78, 5) is 83.4. The number of anilines is 2. The van der Waals surface area contributed by atoms with Crippen LogP contribution in [0.2, 0.25) is 0 Å². The standard InChI is InChI=1S/C79H116N12O11/c1-8-11-14-17-20-23-26-29-32-35-63-44-56(4)83-74(84-63)89-77(94)80-38-41-100-69-51-60-45-58-49-67(98-6)71(102-43-40-82-79(96)91-76-86-65(55-73(93)88-76)37-34-31-28-25-22-19-16-13-10-3)53-62(58)47-59-50-68(99-7)70(52-61(59)46-57(60)48-66(69)97-5)101-42-39-81-78(95)90-75-85-64(54-72(92)87-75)36-33-30-27-24-21-18-15-12-9-2/h44,48-55H,4,8-43,45-47H2,1-3,5-7H3,(H3,80,83,84,89,94)(H3,81,85,87,90,92,95)(H3,82,86,88,91,93,96). The topological polar surface area (TPSA) is 295 Å². The lowest BCUT2D eigenvalue weighted by molar-refractivity contribution is 0.239. The van der Waals surface area contributed by atoms with E-state index < -0.39 is 29.2 Å². The molecule has 0 fully saturated rings. The van der Waals surface area contributed by atoms with Crippen LogP contribution in [-0.4, -0.2) is 105 Å². The maximum atomic E-state index is 13.3. The molecule has 3 aromatic carbocycles. The molecule has 0 atom stereocenters. The first-order valence-electron chi connectivity index (χ1n) is 37.8. The molecule has 102 heavy (non-hydrogen) atoms. The fourth-order valence-electron chi connectivity index (χ4n) is 12.9. The van der Waals surface area contributed by atoms with Gasteiger partial charge in [-0.15, -0.1) is 0 Å². The number of nitrogens with zero attached hydrogens (tertiary/aromatic N) is 3. The number of allylic oxidation sites excluding steroid dienone is 2. The molecule has 6 amide bonds. The van der Waals surface area contributed by atoms with Crippen molar-refractivity contribution in [1.82, 2.24) is 46.5 Å². The molecular formula is C79H116N12O11. The van der Waals surface area contributed by atoms with E-state index in [2.05, 4.69) is 89.5 Å². The molecule has 0 saturated heterocycles. The predicted molar refractivity (Wildman–Crippen MR) is 406 cm³/mol. The highest BCUT2D eigenvalue weighted by atomic mass is 16.5. The minimum Gasteiger partial charge on any atom is -0.493 e. The van der Waals surface area contributed by atoms with E-state index in [1.807, 2.05) is 42.5 Å². The molecule has 23 heteroatoms. The van der Waals surface area contributed by atoms with Crippen molar-refractivity contribution in [2.75, 3.05) is 71.4 Å². The molecule has 2 aromatic heterocycles. The van der Waals surface area contributed by atoms with Gasteiger partial charge in [0.25, 0.3) is 11.1 Å². The van der Waals surface area contributed by atoms with Crippen LogP contribution >= 0.6 is 0 Å². The Morgan fingerprint density at radius 2 is 0.716 bits per heavy atom. The summed E-state index contributed by atoms with van der Waals surface area (Å²) in [5.41, 5.74) is 7.76. The van der Waals surface area contributed by atoms with Gasteiger partial charge in [-0.25, -0.2) is 19.4 Å². The lowest BCUT2D eigenvalue weighted by Crippen LogP contribution is -2.47. The number of H-pyrrole nitrogens is 2. The summed E-state index contributed by atoms with van der Waals surface area (Å²) in [6, 6.07) is 13.2. The summed E-state index contributed by atoms with van der Waals surface area (Å²) in [5.74, 6) is 3.32. The van der Waals surface area contributed by atoms with Crippen molar-refractivity contribution in [2.45, 2.75) is 233 Å². The monoisotopic (exact) mass is 1410 g/mol. The van der Waals surface area contributed by atoms with Crippen LogP contribution in [0.15, 0.2) is 87.2 Å². The number of aryl methyl sites for hydroxylation is 2. The molecule has 558 valence electrons. The number of fused-ring (bicyclic) bond motifs is 3. The van der Waals surface area contributed by atoms with Crippen molar-refractivity contribution < 1.29 is 42.8 Å². The Kier molecular flexibility index (Phi) is 36.0. The number of benzene rings is 3. The number of aromatic amines is 2. The number of methoxy groups -OCH3 is 3. The fraction of sp³-hybridized carbons (Fsp3) is 0.570. The Hall–Kier alpha value is -9.02. The van der Waals surface area contributed by atoms with Crippen molar-refractivity contribution in [3.8, 4) is 34.5 Å². The second kappa shape index (κ2) is 45.8. The Morgan fingerprint density at radius 1 is 0.412 bits per heavy atom. The highest BCUT2D eigenvalue weighted by molar-refractivity contribution is 5.98. The van der Waals surface area contributed by atoms with E-state index in [0.29, 0.717) is 78.3 Å². The molecule has 5 aromatic rings. The Labute approximate surface area is 604 Å². The summed E-state index contributed by atoms with van der Waals surface area (Å²) in [6.07, 6.45) is 38.0. The predicted octanol–water partition coefficient (Wildman–Crippen LogP) is 15.5. The van der Waals surface area contributed by atoms with E-state index >= 15 is 0 Å². The van der Waals surface area contributed by atoms with Crippen LogP contribution in [0.3, 0.4) is 0 Å². The number of carbonyl (C=O) groups excluding carboxylic acids is 3. The lowest BCUT2D eigenvalue weighted by Gasteiger charge is -2.19. The van der Waals surface area contributed by atoms with Crippen molar-refractivity contribution in [3.05, 3.63) is 138 Å². The van der Waals surface area contributed by atoms with Crippen molar-refractivity contribution in [3.63, 3.8) is 0 Å². The van der Waals surface area contributed by atoms with Crippen molar-refractivity contribution >= 4 is 35.9 Å². The molecule has 2 aliphatic rings. The molecule has 0 radical (unpaired) electrons. The van der Waals surface area contributed by atoms with Crippen LogP contribution < -0.4 is 76.8 Å². The molecule has 0 saturated carbocycles. The van der Waals surface area contributed by atoms with Gasteiger partial charge in [-0.2, -0.15) is 9.97 Å². The third-order valence-corrected chi connectivity index (χ3v) is 18.4. The average Bonchev–Trinajstić information content (AvgIpc) is 1.53. The maximum Gasteiger partial charge on any atom is 0.321 e. The van der Waals surface area contributed by atoms with Gasteiger partial charge in [0.1, 0.15) is 19.8 Å². The molecule has 23 nitrogen and oxygen atoms in total. The second-order valence-corrected chi connectivity index (χ2v) is 26.7. The number of aliphatic imine (C=N–C) groups is 1. The number of rotatable bonds is 47. The zero-order valence-corrected chi connectivity index (χ0v) is 61.8. The maximum absolute atomic E-state index is 13.3. The number of hydrogen-bond donors (Lipinski definition) is 9. The summed E-state index contributed by atoms with van der Waals surface area (Å²) < 4.78 is 37.2. The molecule has 0 bridgehead atoms. The third-order valence-electron chi connectivity index (χ3n) is 18.4. The van der Waals surface area contributed by atoms with Crippen LogP contribution in [-0.2, 0) is 32.1 Å². The number of nitrogens with one attached hydrogen (secondary N) is 9. The zero-order chi connectivity index (χ0) is 72.5. The van der Waals surface area contributed by atoms with Crippen LogP contribution in [0.4, 0.5) is 26.3 Å².